The van der Waals surface area contributed by atoms with Gasteiger partial charge < -0.3 is 19.7 Å². The zero-order chi connectivity index (χ0) is 21.0. The molecule has 0 aromatic heterocycles. The molecule has 1 unspecified atom stereocenters. The number of carbonyl (C=O) groups is 1. The summed E-state index contributed by atoms with van der Waals surface area (Å²) in [6.45, 7) is 3.69. The molecule has 8 nitrogen and oxygen atoms in total. The molecule has 3 rings (SSSR count). The maximum Gasteiger partial charge on any atom is 0.293 e. The van der Waals surface area contributed by atoms with E-state index >= 15 is 0 Å². The van der Waals surface area contributed by atoms with Crippen LogP contribution in [0.1, 0.15) is 30.1 Å². The lowest BCUT2D eigenvalue weighted by Gasteiger charge is -2.32. The van der Waals surface area contributed by atoms with Crippen LogP contribution in [0.25, 0.3) is 0 Å². The van der Waals surface area contributed by atoms with Gasteiger partial charge in [-0.1, -0.05) is 6.92 Å². The molecule has 1 N–H and O–H groups in total. The number of hydrogen-bond donors (Lipinski definition) is 1. The van der Waals surface area contributed by atoms with Gasteiger partial charge in [0.05, 0.1) is 24.8 Å². The average molecular weight is 399 g/mol. The minimum absolute atomic E-state index is 0.0654. The van der Waals surface area contributed by atoms with Gasteiger partial charge in [-0.15, -0.1) is 0 Å². The summed E-state index contributed by atoms with van der Waals surface area (Å²) in [5, 5.41) is 14.4. The fourth-order valence-electron chi connectivity index (χ4n) is 3.59. The molecular weight excluding hydrogens is 374 g/mol. The Bertz CT molecular complexity index is 915. The minimum atomic E-state index is -0.460. The van der Waals surface area contributed by atoms with E-state index in [9.17, 15) is 14.9 Å². The number of nitro groups is 1. The first-order valence-corrected chi connectivity index (χ1v) is 9.49. The third-order valence-corrected chi connectivity index (χ3v) is 5.09. The maximum atomic E-state index is 12.8. The van der Waals surface area contributed by atoms with E-state index in [4.69, 9.17) is 9.47 Å². The van der Waals surface area contributed by atoms with E-state index in [0.717, 1.165) is 25.9 Å². The Morgan fingerprint density at radius 3 is 2.66 bits per heavy atom. The summed E-state index contributed by atoms with van der Waals surface area (Å²) in [4.78, 5) is 26.0. The van der Waals surface area contributed by atoms with Crippen LogP contribution in [0, 0.1) is 16.0 Å². The van der Waals surface area contributed by atoms with Gasteiger partial charge in [0, 0.05) is 30.8 Å². The highest BCUT2D eigenvalue weighted by atomic mass is 16.6. The number of methoxy groups -OCH3 is 2. The number of piperidine rings is 1. The summed E-state index contributed by atoms with van der Waals surface area (Å²) in [5.41, 5.74) is 1.12. The third kappa shape index (κ3) is 4.59. The van der Waals surface area contributed by atoms with Gasteiger partial charge in [-0.2, -0.15) is 0 Å². The van der Waals surface area contributed by atoms with Crippen molar-refractivity contribution in [2.75, 3.05) is 37.5 Å². The van der Waals surface area contributed by atoms with Crippen molar-refractivity contribution in [3.63, 3.8) is 0 Å². The number of amides is 1. The number of benzene rings is 2. The number of carbonyl (C=O) groups excluding carboxylic acids is 1. The Morgan fingerprint density at radius 2 is 2.00 bits per heavy atom. The van der Waals surface area contributed by atoms with Crippen molar-refractivity contribution < 1.29 is 19.2 Å². The number of nitro benzene ring substituents is 1. The fourth-order valence-corrected chi connectivity index (χ4v) is 3.59. The van der Waals surface area contributed by atoms with E-state index < -0.39 is 10.8 Å². The molecule has 1 amide bonds. The molecule has 0 radical (unpaired) electrons. The standard InChI is InChI=1S/C21H25N3O5/c1-14-5-4-10-23(13-14)18-8-6-15(11-19(18)24(26)27)21(25)22-17-12-16(28-2)7-9-20(17)29-3/h6-9,11-12,14H,4-5,10,13H2,1-3H3,(H,22,25). The molecule has 1 fully saturated rings. The second-order valence-corrected chi connectivity index (χ2v) is 7.17. The van der Waals surface area contributed by atoms with Crippen LogP contribution >= 0.6 is 0 Å². The summed E-state index contributed by atoms with van der Waals surface area (Å²) in [5.74, 6) is 1.04. The second kappa shape index (κ2) is 8.81. The highest BCUT2D eigenvalue weighted by Crippen LogP contribution is 2.33. The average Bonchev–Trinajstić information content (AvgIpc) is 2.73. The number of nitrogens with zero attached hydrogens (tertiary/aromatic N) is 2. The lowest BCUT2D eigenvalue weighted by Crippen LogP contribution is -2.34. The van der Waals surface area contributed by atoms with Crippen molar-refractivity contribution in [1.29, 1.82) is 0 Å². The van der Waals surface area contributed by atoms with Crippen molar-refractivity contribution in [1.82, 2.24) is 0 Å². The van der Waals surface area contributed by atoms with Gasteiger partial charge in [0.2, 0.25) is 0 Å². The Kier molecular flexibility index (Phi) is 6.21. The van der Waals surface area contributed by atoms with Crippen LogP contribution in [0.2, 0.25) is 0 Å². The molecule has 1 heterocycles. The monoisotopic (exact) mass is 399 g/mol. The van der Waals surface area contributed by atoms with Crippen LogP contribution in [0.4, 0.5) is 17.1 Å². The number of nitrogens with one attached hydrogen (secondary N) is 1. The lowest BCUT2D eigenvalue weighted by atomic mass is 9.99. The van der Waals surface area contributed by atoms with Crippen LogP contribution < -0.4 is 19.7 Å². The van der Waals surface area contributed by atoms with Gasteiger partial charge in [-0.05, 0) is 43.0 Å². The minimum Gasteiger partial charge on any atom is -0.497 e. The first-order chi connectivity index (χ1) is 13.9. The Balaban J connectivity index is 1.88. The van der Waals surface area contributed by atoms with Gasteiger partial charge in [-0.25, -0.2) is 0 Å². The fraction of sp³-hybridized carbons (Fsp3) is 0.381. The highest BCUT2D eigenvalue weighted by Gasteiger charge is 2.25. The summed E-state index contributed by atoms with van der Waals surface area (Å²) in [6.07, 6.45) is 2.11. The second-order valence-electron chi connectivity index (χ2n) is 7.17. The molecule has 1 aliphatic heterocycles. The number of ether oxygens (including phenoxy) is 2. The van der Waals surface area contributed by atoms with Gasteiger partial charge in [-0.3, -0.25) is 14.9 Å². The van der Waals surface area contributed by atoms with Gasteiger partial charge in [0.1, 0.15) is 17.2 Å². The van der Waals surface area contributed by atoms with Crippen molar-refractivity contribution in [3.05, 3.63) is 52.1 Å². The zero-order valence-electron chi connectivity index (χ0n) is 16.8. The SMILES string of the molecule is COc1ccc(OC)c(NC(=O)c2ccc(N3CCCC(C)C3)c([N+](=O)[O-])c2)c1. The first-order valence-electron chi connectivity index (χ1n) is 9.49. The lowest BCUT2D eigenvalue weighted by molar-refractivity contribution is -0.384. The molecule has 0 aliphatic carbocycles. The third-order valence-electron chi connectivity index (χ3n) is 5.09. The quantitative estimate of drug-likeness (QED) is 0.581. The largest absolute Gasteiger partial charge is 0.497 e. The van der Waals surface area contributed by atoms with Crippen LogP contribution in [0.5, 0.6) is 11.5 Å². The van der Waals surface area contributed by atoms with Gasteiger partial charge >= 0.3 is 0 Å². The van der Waals surface area contributed by atoms with Crippen LogP contribution in [-0.2, 0) is 0 Å². The molecule has 154 valence electrons. The van der Waals surface area contributed by atoms with E-state index in [0.29, 0.717) is 28.8 Å². The predicted octanol–water partition coefficient (Wildman–Crippen LogP) is 4.10. The molecule has 0 spiro atoms. The molecule has 8 heteroatoms. The van der Waals surface area contributed by atoms with E-state index in [1.165, 1.54) is 20.3 Å². The van der Waals surface area contributed by atoms with Crippen LogP contribution in [0.3, 0.4) is 0 Å². The molecule has 0 saturated carbocycles. The molecule has 1 saturated heterocycles. The van der Waals surface area contributed by atoms with Crippen molar-refractivity contribution in [3.8, 4) is 11.5 Å². The van der Waals surface area contributed by atoms with Gasteiger partial charge in [0.15, 0.2) is 0 Å². The molecule has 29 heavy (non-hydrogen) atoms. The van der Waals surface area contributed by atoms with E-state index in [2.05, 4.69) is 12.2 Å². The normalized spacial score (nSPS) is 16.2. The number of anilines is 2. The molecular formula is C21H25N3O5. The smallest absolute Gasteiger partial charge is 0.293 e. The first kappa shape index (κ1) is 20.4. The Hall–Kier alpha value is -3.29. The van der Waals surface area contributed by atoms with Crippen molar-refractivity contribution >= 4 is 23.0 Å². The van der Waals surface area contributed by atoms with Crippen molar-refractivity contribution in [2.45, 2.75) is 19.8 Å². The van der Waals surface area contributed by atoms with E-state index in [1.54, 1.807) is 30.3 Å². The highest BCUT2D eigenvalue weighted by molar-refractivity contribution is 6.06. The Labute approximate surface area is 169 Å². The van der Waals surface area contributed by atoms with Crippen LogP contribution in [-0.4, -0.2) is 38.1 Å². The number of hydrogen-bond acceptors (Lipinski definition) is 6. The summed E-state index contributed by atoms with van der Waals surface area (Å²) in [6, 6.07) is 9.63. The molecule has 0 bridgehead atoms. The predicted molar refractivity (Wildman–Crippen MR) is 111 cm³/mol. The van der Waals surface area contributed by atoms with Gasteiger partial charge in [0.25, 0.3) is 11.6 Å². The maximum absolute atomic E-state index is 12.8. The Morgan fingerprint density at radius 1 is 1.21 bits per heavy atom. The van der Waals surface area contributed by atoms with Crippen LogP contribution in [0.15, 0.2) is 36.4 Å². The molecule has 2 aromatic carbocycles. The molecule has 1 aliphatic rings. The zero-order valence-corrected chi connectivity index (χ0v) is 16.8. The molecule has 2 aromatic rings. The summed E-state index contributed by atoms with van der Waals surface area (Å²) in [7, 11) is 3.02. The van der Waals surface area contributed by atoms with Crippen molar-refractivity contribution in [2.24, 2.45) is 5.92 Å². The number of rotatable bonds is 6. The summed E-state index contributed by atoms with van der Waals surface area (Å²) < 4.78 is 10.4. The topological polar surface area (TPSA) is 93.9 Å². The van der Waals surface area contributed by atoms with E-state index in [-0.39, 0.29) is 11.3 Å². The molecule has 1 atom stereocenters. The summed E-state index contributed by atoms with van der Waals surface area (Å²) >= 11 is 0. The van der Waals surface area contributed by atoms with E-state index in [1.807, 2.05) is 4.90 Å².